The molecule has 0 saturated carbocycles. The van der Waals surface area contributed by atoms with Gasteiger partial charge in [0.05, 0.1) is 11.4 Å². The molecular formula is C29H31N5O4S. The fraction of sp³-hybridized carbons (Fsp3) is 0.276. The lowest BCUT2D eigenvalue weighted by Gasteiger charge is -2.31. The molecule has 0 bridgehead atoms. The van der Waals surface area contributed by atoms with E-state index in [9.17, 15) is 18.0 Å². The van der Waals surface area contributed by atoms with Crippen LogP contribution in [0, 0.1) is 0 Å². The summed E-state index contributed by atoms with van der Waals surface area (Å²) < 4.78 is 28.2. The van der Waals surface area contributed by atoms with Crippen LogP contribution in [-0.4, -0.2) is 55.8 Å². The van der Waals surface area contributed by atoms with Gasteiger partial charge in [-0.3, -0.25) is 9.59 Å². The number of nitrogens with two attached hydrogens (primary N) is 1. The Hall–Kier alpha value is -4.02. The van der Waals surface area contributed by atoms with Crippen LogP contribution >= 0.6 is 0 Å². The minimum absolute atomic E-state index is 0.0693. The third-order valence-electron chi connectivity index (χ3n) is 7.05. The standard InChI is InChI=1S/C29H31N5O4S/c30-28-25-11-8-20(16-23(25)12-13-31-28)17-26(29(36)34-14-4-1-5-15-34)33-27(35)19-32-39(37,38)24-10-9-21-6-2-3-7-22(21)18-24/h2-3,6-13,16,18,26,32H,1,4-5,14-15,17,19H2,(H2,30,31)(H,33,35). The number of carbonyl (C=O) groups is 2. The molecule has 39 heavy (non-hydrogen) atoms. The summed E-state index contributed by atoms with van der Waals surface area (Å²) in [5, 5.41) is 6.18. The summed E-state index contributed by atoms with van der Waals surface area (Å²) in [7, 11) is -3.93. The average molecular weight is 546 g/mol. The predicted molar refractivity (Wildman–Crippen MR) is 151 cm³/mol. The first-order valence-corrected chi connectivity index (χ1v) is 14.5. The van der Waals surface area contributed by atoms with Gasteiger partial charge in [0, 0.05) is 31.1 Å². The van der Waals surface area contributed by atoms with Crippen LogP contribution in [0.25, 0.3) is 21.5 Å². The largest absolute Gasteiger partial charge is 0.383 e. The van der Waals surface area contributed by atoms with Crippen molar-refractivity contribution in [1.29, 1.82) is 0 Å². The van der Waals surface area contributed by atoms with Crippen molar-refractivity contribution < 1.29 is 18.0 Å². The number of piperidine rings is 1. The molecule has 4 N–H and O–H groups in total. The van der Waals surface area contributed by atoms with Crippen LogP contribution in [0.5, 0.6) is 0 Å². The maximum Gasteiger partial charge on any atom is 0.245 e. The summed E-state index contributed by atoms with van der Waals surface area (Å²) in [6.07, 6.45) is 4.79. The van der Waals surface area contributed by atoms with Gasteiger partial charge in [0.1, 0.15) is 11.9 Å². The molecule has 10 heteroatoms. The van der Waals surface area contributed by atoms with Gasteiger partial charge in [-0.1, -0.05) is 48.5 Å². The molecular weight excluding hydrogens is 514 g/mol. The minimum atomic E-state index is -3.93. The molecule has 4 aromatic rings. The first-order chi connectivity index (χ1) is 18.8. The van der Waals surface area contributed by atoms with Crippen molar-refractivity contribution in [1.82, 2.24) is 19.9 Å². The second-order valence-electron chi connectivity index (χ2n) is 9.80. The van der Waals surface area contributed by atoms with Crippen LogP contribution in [0.1, 0.15) is 24.8 Å². The van der Waals surface area contributed by atoms with E-state index in [1.807, 2.05) is 48.5 Å². The number of pyridine rings is 1. The fourth-order valence-electron chi connectivity index (χ4n) is 4.97. The van der Waals surface area contributed by atoms with Gasteiger partial charge in [0.2, 0.25) is 21.8 Å². The van der Waals surface area contributed by atoms with Crippen LogP contribution in [0.15, 0.2) is 77.8 Å². The molecule has 0 radical (unpaired) electrons. The molecule has 1 aromatic heterocycles. The number of nitrogens with zero attached hydrogens (tertiary/aromatic N) is 2. The van der Waals surface area contributed by atoms with E-state index in [0.717, 1.165) is 46.4 Å². The first-order valence-electron chi connectivity index (χ1n) is 13.0. The molecule has 202 valence electrons. The zero-order valence-corrected chi connectivity index (χ0v) is 22.3. The zero-order valence-electron chi connectivity index (χ0n) is 21.5. The lowest BCUT2D eigenvalue weighted by molar-refractivity contribution is -0.137. The number of fused-ring (bicyclic) bond motifs is 2. The Morgan fingerprint density at radius 3 is 2.49 bits per heavy atom. The molecule has 9 nitrogen and oxygen atoms in total. The van der Waals surface area contributed by atoms with Crippen LogP contribution in [0.2, 0.25) is 0 Å². The Labute approximate surface area is 227 Å². The number of carbonyl (C=O) groups excluding carboxylic acids is 2. The normalized spacial score (nSPS) is 14.8. The highest BCUT2D eigenvalue weighted by Gasteiger charge is 2.28. The summed E-state index contributed by atoms with van der Waals surface area (Å²) in [4.78, 5) is 32.3. The SMILES string of the molecule is Nc1nccc2cc(CC(NC(=O)CNS(=O)(=O)c3ccc4ccccc4c3)C(=O)N3CCCCC3)ccc12. The Morgan fingerprint density at radius 1 is 0.923 bits per heavy atom. The summed E-state index contributed by atoms with van der Waals surface area (Å²) in [5.41, 5.74) is 6.82. The maximum absolute atomic E-state index is 13.4. The molecule has 5 rings (SSSR count). The van der Waals surface area contributed by atoms with E-state index >= 15 is 0 Å². The van der Waals surface area contributed by atoms with Gasteiger partial charge in [-0.15, -0.1) is 0 Å². The van der Waals surface area contributed by atoms with E-state index < -0.39 is 28.5 Å². The predicted octanol–water partition coefficient (Wildman–Crippen LogP) is 2.99. The van der Waals surface area contributed by atoms with E-state index in [1.54, 1.807) is 23.2 Å². The maximum atomic E-state index is 13.4. The number of rotatable bonds is 8. The Balaban J connectivity index is 1.31. The van der Waals surface area contributed by atoms with Gasteiger partial charge < -0.3 is 16.0 Å². The number of sulfonamides is 1. The third-order valence-corrected chi connectivity index (χ3v) is 8.45. The summed E-state index contributed by atoms with van der Waals surface area (Å²) in [5.74, 6) is -0.328. The van der Waals surface area contributed by atoms with Crippen molar-refractivity contribution >= 4 is 49.2 Å². The van der Waals surface area contributed by atoms with Crippen molar-refractivity contribution in [3.63, 3.8) is 0 Å². The summed E-state index contributed by atoms with van der Waals surface area (Å²) >= 11 is 0. The first kappa shape index (κ1) is 26.6. The number of likely N-dealkylation sites (tertiary alicyclic amines) is 1. The summed E-state index contributed by atoms with van der Waals surface area (Å²) in [6.45, 7) is 0.790. The van der Waals surface area contributed by atoms with Crippen molar-refractivity contribution in [2.75, 3.05) is 25.4 Å². The molecule has 1 unspecified atom stereocenters. The van der Waals surface area contributed by atoms with Crippen molar-refractivity contribution in [2.45, 2.75) is 36.6 Å². The number of hydrogen-bond donors (Lipinski definition) is 3. The van der Waals surface area contributed by atoms with E-state index in [4.69, 9.17) is 5.73 Å². The highest BCUT2D eigenvalue weighted by atomic mass is 32.2. The molecule has 0 aliphatic carbocycles. The van der Waals surface area contributed by atoms with Crippen LogP contribution in [0.3, 0.4) is 0 Å². The highest BCUT2D eigenvalue weighted by Crippen LogP contribution is 2.22. The van der Waals surface area contributed by atoms with Gasteiger partial charge >= 0.3 is 0 Å². The summed E-state index contributed by atoms with van der Waals surface area (Å²) in [6, 6.07) is 18.9. The number of amides is 2. The van der Waals surface area contributed by atoms with Gasteiger partial charge in [0.15, 0.2) is 0 Å². The van der Waals surface area contributed by atoms with E-state index in [2.05, 4.69) is 15.0 Å². The zero-order chi connectivity index (χ0) is 27.4. The van der Waals surface area contributed by atoms with Crippen molar-refractivity contribution in [2.24, 2.45) is 0 Å². The number of anilines is 1. The number of aromatic nitrogens is 1. The lowest BCUT2D eigenvalue weighted by Crippen LogP contribution is -2.52. The molecule has 0 spiro atoms. The van der Waals surface area contributed by atoms with Gasteiger partial charge in [-0.2, -0.15) is 0 Å². The monoisotopic (exact) mass is 545 g/mol. The van der Waals surface area contributed by atoms with Gasteiger partial charge in [-0.25, -0.2) is 18.1 Å². The molecule has 1 fully saturated rings. The van der Waals surface area contributed by atoms with Crippen LogP contribution < -0.4 is 15.8 Å². The number of nitrogens with one attached hydrogen (secondary N) is 2. The third kappa shape index (κ3) is 6.18. The molecule has 1 saturated heterocycles. The quantitative estimate of drug-likeness (QED) is 0.312. The highest BCUT2D eigenvalue weighted by molar-refractivity contribution is 7.89. The smallest absolute Gasteiger partial charge is 0.245 e. The fourth-order valence-corrected chi connectivity index (χ4v) is 5.99. The van der Waals surface area contributed by atoms with E-state index in [0.29, 0.717) is 18.9 Å². The van der Waals surface area contributed by atoms with Crippen molar-refractivity contribution in [3.8, 4) is 0 Å². The van der Waals surface area contributed by atoms with Gasteiger partial charge in [0.25, 0.3) is 0 Å². The molecule has 1 aliphatic rings. The molecule has 3 aromatic carbocycles. The number of benzene rings is 3. The minimum Gasteiger partial charge on any atom is -0.383 e. The number of nitrogen functional groups attached to an aromatic ring is 1. The molecule has 1 atom stereocenters. The van der Waals surface area contributed by atoms with Gasteiger partial charge in [-0.05, 0) is 59.2 Å². The number of hydrogen-bond acceptors (Lipinski definition) is 6. The van der Waals surface area contributed by atoms with E-state index in [1.165, 1.54) is 6.07 Å². The lowest BCUT2D eigenvalue weighted by atomic mass is 10.0. The average Bonchev–Trinajstić information content (AvgIpc) is 2.96. The molecule has 1 aliphatic heterocycles. The Morgan fingerprint density at radius 2 is 1.69 bits per heavy atom. The molecule has 2 heterocycles. The topological polar surface area (TPSA) is 134 Å². The van der Waals surface area contributed by atoms with Crippen molar-refractivity contribution in [3.05, 3.63) is 78.5 Å². The van der Waals surface area contributed by atoms with Crippen LogP contribution in [0.4, 0.5) is 5.82 Å². The van der Waals surface area contributed by atoms with Crippen LogP contribution in [-0.2, 0) is 26.0 Å². The van der Waals surface area contributed by atoms with E-state index in [-0.39, 0.29) is 17.2 Å². The molecule has 2 amide bonds. The second-order valence-corrected chi connectivity index (χ2v) is 11.6. The Bertz CT molecular complexity index is 1630. The Kier molecular flexibility index (Phi) is 7.76. The second kappa shape index (κ2) is 11.4.